The summed E-state index contributed by atoms with van der Waals surface area (Å²) in [6.45, 7) is 3.71. The van der Waals surface area contributed by atoms with Crippen molar-refractivity contribution in [2.45, 2.75) is 0 Å². The molecule has 0 bridgehead atoms. The predicted molar refractivity (Wildman–Crippen MR) is 70.7 cm³/mol. The quantitative estimate of drug-likeness (QED) is 0.759. The Hall–Kier alpha value is -2.22. The standard InChI is InChI=1S/C14H14N2/c1-2-11-8-9-14(13(15)10-11)16-12-6-4-3-5-7-12/h2-10,16H,1,15H2. The minimum atomic E-state index is 0.723. The summed E-state index contributed by atoms with van der Waals surface area (Å²) in [5, 5.41) is 3.26. The van der Waals surface area contributed by atoms with Gasteiger partial charge in [0.2, 0.25) is 0 Å². The molecule has 0 aliphatic carbocycles. The first kappa shape index (κ1) is 10.3. The lowest BCUT2D eigenvalue weighted by Crippen LogP contribution is -1.96. The van der Waals surface area contributed by atoms with Crippen molar-refractivity contribution in [1.82, 2.24) is 0 Å². The van der Waals surface area contributed by atoms with E-state index in [1.54, 1.807) is 6.08 Å². The van der Waals surface area contributed by atoms with Crippen molar-refractivity contribution in [1.29, 1.82) is 0 Å². The van der Waals surface area contributed by atoms with E-state index in [-0.39, 0.29) is 0 Å². The highest BCUT2D eigenvalue weighted by molar-refractivity contribution is 5.75. The molecule has 0 atom stereocenters. The molecule has 0 radical (unpaired) electrons. The molecule has 0 unspecified atom stereocenters. The molecule has 2 heteroatoms. The van der Waals surface area contributed by atoms with Crippen molar-refractivity contribution in [2.75, 3.05) is 11.1 Å². The van der Waals surface area contributed by atoms with E-state index < -0.39 is 0 Å². The summed E-state index contributed by atoms with van der Waals surface area (Å²) in [6.07, 6.45) is 1.78. The maximum absolute atomic E-state index is 5.93. The van der Waals surface area contributed by atoms with Crippen LogP contribution in [-0.4, -0.2) is 0 Å². The van der Waals surface area contributed by atoms with E-state index in [0.717, 1.165) is 22.6 Å². The second kappa shape index (κ2) is 4.53. The van der Waals surface area contributed by atoms with Gasteiger partial charge in [-0.3, -0.25) is 0 Å². The molecule has 0 heterocycles. The molecule has 0 saturated heterocycles. The van der Waals surface area contributed by atoms with E-state index in [1.807, 2.05) is 48.5 Å². The number of hydrogen-bond donors (Lipinski definition) is 2. The van der Waals surface area contributed by atoms with Crippen molar-refractivity contribution in [3.8, 4) is 0 Å². The minimum Gasteiger partial charge on any atom is -0.397 e. The van der Waals surface area contributed by atoms with Crippen LogP contribution in [0.15, 0.2) is 55.1 Å². The molecule has 3 N–H and O–H groups in total. The fourth-order valence-corrected chi connectivity index (χ4v) is 1.50. The van der Waals surface area contributed by atoms with Crippen molar-refractivity contribution < 1.29 is 0 Å². The third-order valence-electron chi connectivity index (χ3n) is 2.36. The van der Waals surface area contributed by atoms with Gasteiger partial charge in [-0.05, 0) is 29.8 Å². The molecule has 2 aromatic carbocycles. The molecule has 0 amide bonds. The normalized spacial score (nSPS) is 9.75. The maximum Gasteiger partial charge on any atom is 0.0618 e. The number of hydrogen-bond acceptors (Lipinski definition) is 2. The van der Waals surface area contributed by atoms with Gasteiger partial charge in [-0.25, -0.2) is 0 Å². The number of para-hydroxylation sites is 1. The van der Waals surface area contributed by atoms with Gasteiger partial charge >= 0.3 is 0 Å². The average molecular weight is 210 g/mol. The van der Waals surface area contributed by atoms with Crippen LogP contribution in [0.2, 0.25) is 0 Å². The molecule has 80 valence electrons. The Bertz CT molecular complexity index is 489. The van der Waals surface area contributed by atoms with E-state index in [1.165, 1.54) is 0 Å². The number of rotatable bonds is 3. The van der Waals surface area contributed by atoms with Gasteiger partial charge in [0, 0.05) is 5.69 Å². The van der Waals surface area contributed by atoms with E-state index in [0.29, 0.717) is 0 Å². The highest BCUT2D eigenvalue weighted by Crippen LogP contribution is 2.24. The van der Waals surface area contributed by atoms with Gasteiger partial charge < -0.3 is 11.1 Å². The second-order valence-corrected chi connectivity index (χ2v) is 3.54. The molecule has 0 spiro atoms. The lowest BCUT2D eigenvalue weighted by molar-refractivity contribution is 1.54. The Labute approximate surface area is 95.4 Å². The van der Waals surface area contributed by atoms with Crippen LogP contribution in [0.5, 0.6) is 0 Å². The Kier molecular flexibility index (Phi) is 2.92. The topological polar surface area (TPSA) is 38.0 Å². The molecule has 0 saturated carbocycles. The van der Waals surface area contributed by atoms with E-state index >= 15 is 0 Å². The van der Waals surface area contributed by atoms with Crippen LogP contribution in [0.3, 0.4) is 0 Å². The molecule has 2 nitrogen and oxygen atoms in total. The zero-order chi connectivity index (χ0) is 11.4. The Morgan fingerprint density at radius 2 is 1.81 bits per heavy atom. The van der Waals surface area contributed by atoms with E-state index in [9.17, 15) is 0 Å². The van der Waals surface area contributed by atoms with Crippen LogP contribution in [0.25, 0.3) is 6.08 Å². The lowest BCUT2D eigenvalue weighted by Gasteiger charge is -2.09. The molecule has 0 aliphatic heterocycles. The molecular formula is C14H14N2. The van der Waals surface area contributed by atoms with Crippen LogP contribution >= 0.6 is 0 Å². The van der Waals surface area contributed by atoms with Crippen molar-refractivity contribution in [3.63, 3.8) is 0 Å². The smallest absolute Gasteiger partial charge is 0.0618 e. The largest absolute Gasteiger partial charge is 0.397 e. The van der Waals surface area contributed by atoms with Crippen LogP contribution < -0.4 is 11.1 Å². The van der Waals surface area contributed by atoms with Gasteiger partial charge in [-0.15, -0.1) is 0 Å². The first-order chi connectivity index (χ1) is 7.79. The number of nitrogen functional groups attached to an aromatic ring is 1. The summed E-state index contributed by atoms with van der Waals surface area (Å²) in [4.78, 5) is 0. The summed E-state index contributed by atoms with van der Waals surface area (Å²) in [7, 11) is 0. The highest BCUT2D eigenvalue weighted by atomic mass is 14.9. The van der Waals surface area contributed by atoms with Gasteiger partial charge in [0.25, 0.3) is 0 Å². The van der Waals surface area contributed by atoms with E-state index in [2.05, 4.69) is 11.9 Å². The first-order valence-corrected chi connectivity index (χ1v) is 5.13. The minimum absolute atomic E-state index is 0.723. The Balaban J connectivity index is 2.25. The summed E-state index contributed by atoms with van der Waals surface area (Å²) in [5.74, 6) is 0. The Morgan fingerprint density at radius 1 is 1.06 bits per heavy atom. The Morgan fingerprint density at radius 3 is 2.44 bits per heavy atom. The molecule has 0 fully saturated rings. The average Bonchev–Trinajstić information content (AvgIpc) is 2.33. The van der Waals surface area contributed by atoms with E-state index in [4.69, 9.17) is 5.73 Å². The third-order valence-corrected chi connectivity index (χ3v) is 2.36. The molecule has 0 aliphatic rings. The first-order valence-electron chi connectivity index (χ1n) is 5.13. The zero-order valence-electron chi connectivity index (χ0n) is 8.98. The summed E-state index contributed by atoms with van der Waals surface area (Å²) in [6, 6.07) is 15.8. The lowest BCUT2D eigenvalue weighted by atomic mass is 10.1. The van der Waals surface area contributed by atoms with Gasteiger partial charge in [0.1, 0.15) is 0 Å². The number of nitrogens with two attached hydrogens (primary N) is 1. The van der Waals surface area contributed by atoms with Crippen molar-refractivity contribution in [3.05, 3.63) is 60.7 Å². The second-order valence-electron chi connectivity index (χ2n) is 3.54. The van der Waals surface area contributed by atoms with Crippen LogP contribution in [0.4, 0.5) is 17.1 Å². The third kappa shape index (κ3) is 2.23. The van der Waals surface area contributed by atoms with Crippen LogP contribution in [0, 0.1) is 0 Å². The highest BCUT2D eigenvalue weighted by Gasteiger charge is 1.99. The monoisotopic (exact) mass is 210 g/mol. The summed E-state index contributed by atoms with van der Waals surface area (Å²) >= 11 is 0. The summed E-state index contributed by atoms with van der Waals surface area (Å²) < 4.78 is 0. The van der Waals surface area contributed by atoms with Gasteiger partial charge in [0.05, 0.1) is 11.4 Å². The fourth-order valence-electron chi connectivity index (χ4n) is 1.50. The summed E-state index contributed by atoms with van der Waals surface area (Å²) in [5.41, 5.74) is 9.62. The van der Waals surface area contributed by atoms with Crippen LogP contribution in [-0.2, 0) is 0 Å². The number of nitrogens with one attached hydrogen (secondary N) is 1. The fraction of sp³-hybridized carbons (Fsp3) is 0. The number of benzene rings is 2. The molecule has 16 heavy (non-hydrogen) atoms. The van der Waals surface area contributed by atoms with Gasteiger partial charge in [0.15, 0.2) is 0 Å². The molecular weight excluding hydrogens is 196 g/mol. The SMILES string of the molecule is C=Cc1ccc(Nc2ccccc2)c(N)c1. The molecule has 0 aromatic heterocycles. The maximum atomic E-state index is 5.93. The molecule has 2 rings (SSSR count). The zero-order valence-corrected chi connectivity index (χ0v) is 8.98. The predicted octanol–water partition coefficient (Wildman–Crippen LogP) is 3.66. The van der Waals surface area contributed by atoms with Gasteiger partial charge in [-0.1, -0.05) is 36.9 Å². The number of anilines is 3. The van der Waals surface area contributed by atoms with Gasteiger partial charge in [-0.2, -0.15) is 0 Å². The van der Waals surface area contributed by atoms with Crippen molar-refractivity contribution in [2.24, 2.45) is 0 Å². The van der Waals surface area contributed by atoms with Crippen LogP contribution in [0.1, 0.15) is 5.56 Å². The molecule has 2 aromatic rings. The van der Waals surface area contributed by atoms with Crippen molar-refractivity contribution >= 4 is 23.1 Å².